The molecular formula is C11H13N3O. The molecule has 4 nitrogen and oxygen atoms in total. The van der Waals surface area contributed by atoms with Gasteiger partial charge in [-0.2, -0.15) is 5.26 Å². The Hall–Kier alpha value is -1.76. The highest BCUT2D eigenvalue weighted by atomic mass is 16.5. The fourth-order valence-electron chi connectivity index (χ4n) is 1.31. The molecule has 2 rings (SSSR count). The Balaban J connectivity index is 2.39. The first-order valence-corrected chi connectivity index (χ1v) is 4.94. The van der Waals surface area contributed by atoms with E-state index in [1.54, 1.807) is 12.4 Å². The summed E-state index contributed by atoms with van der Waals surface area (Å²) in [5, 5.41) is 8.97. The predicted octanol–water partition coefficient (Wildman–Crippen LogP) is 1.56. The third-order valence-electron chi connectivity index (χ3n) is 2.29. The Morgan fingerprint density at radius 2 is 2.20 bits per heavy atom. The normalized spacial score (nSPS) is 14.5. The Morgan fingerprint density at radius 3 is 2.73 bits per heavy atom. The molecule has 1 fully saturated rings. The molecule has 0 aliphatic heterocycles. The minimum Gasteiger partial charge on any atom is -0.487 e. The number of hydrogen-bond donors (Lipinski definition) is 0. The van der Waals surface area contributed by atoms with Crippen molar-refractivity contribution in [1.82, 2.24) is 4.98 Å². The van der Waals surface area contributed by atoms with Crippen molar-refractivity contribution in [3.63, 3.8) is 0 Å². The highest BCUT2D eigenvalue weighted by molar-refractivity contribution is 5.62. The average Bonchev–Trinajstić information content (AvgIpc) is 3.01. The Bertz CT molecular complexity index is 405. The largest absolute Gasteiger partial charge is 0.487 e. The quantitative estimate of drug-likeness (QED) is 0.748. The number of ether oxygens (including phenoxy) is 1. The Labute approximate surface area is 89.1 Å². The summed E-state index contributed by atoms with van der Waals surface area (Å²) in [5.41, 5.74) is 1.37. The van der Waals surface area contributed by atoms with Gasteiger partial charge >= 0.3 is 0 Å². The summed E-state index contributed by atoms with van der Waals surface area (Å²) in [5.74, 6) is 0.667. The van der Waals surface area contributed by atoms with Gasteiger partial charge in [0.1, 0.15) is 11.6 Å². The third kappa shape index (κ3) is 2.01. The molecule has 0 bridgehead atoms. The Morgan fingerprint density at radius 1 is 1.47 bits per heavy atom. The van der Waals surface area contributed by atoms with Gasteiger partial charge in [0.2, 0.25) is 0 Å². The van der Waals surface area contributed by atoms with E-state index in [4.69, 9.17) is 10.00 Å². The van der Waals surface area contributed by atoms with E-state index in [1.807, 2.05) is 19.0 Å². The highest BCUT2D eigenvalue weighted by Gasteiger charge is 2.26. The summed E-state index contributed by atoms with van der Waals surface area (Å²) in [4.78, 5) is 5.93. The van der Waals surface area contributed by atoms with Crippen molar-refractivity contribution >= 4 is 5.69 Å². The topological polar surface area (TPSA) is 49.2 Å². The first-order chi connectivity index (χ1) is 7.22. The molecule has 0 N–H and O–H groups in total. The van der Waals surface area contributed by atoms with Gasteiger partial charge in [-0.1, -0.05) is 0 Å². The molecule has 4 heteroatoms. The van der Waals surface area contributed by atoms with E-state index in [1.165, 1.54) is 0 Å². The van der Waals surface area contributed by atoms with E-state index in [0.717, 1.165) is 18.5 Å². The van der Waals surface area contributed by atoms with E-state index < -0.39 is 0 Å². The van der Waals surface area contributed by atoms with Crippen LogP contribution in [0.1, 0.15) is 18.4 Å². The minimum atomic E-state index is 0.290. The third-order valence-corrected chi connectivity index (χ3v) is 2.29. The standard InChI is InChI=1S/C11H13N3O/c1-14(2)10-7-13-6-8(5-12)11(10)15-9-3-4-9/h6-7,9H,3-4H2,1-2H3. The van der Waals surface area contributed by atoms with Crippen LogP contribution in [0.2, 0.25) is 0 Å². The second kappa shape index (κ2) is 3.77. The van der Waals surface area contributed by atoms with Crippen LogP contribution >= 0.6 is 0 Å². The second-order valence-electron chi connectivity index (χ2n) is 3.86. The molecule has 1 aromatic rings. The highest BCUT2D eigenvalue weighted by Crippen LogP contribution is 2.35. The molecule has 78 valence electrons. The molecule has 1 aromatic heterocycles. The van der Waals surface area contributed by atoms with E-state index in [2.05, 4.69) is 11.1 Å². The van der Waals surface area contributed by atoms with Gasteiger partial charge in [0, 0.05) is 20.3 Å². The second-order valence-corrected chi connectivity index (χ2v) is 3.86. The molecule has 1 heterocycles. The summed E-state index contributed by atoms with van der Waals surface area (Å²) < 4.78 is 5.74. The zero-order chi connectivity index (χ0) is 10.8. The molecule has 1 aliphatic carbocycles. The predicted molar refractivity (Wildman–Crippen MR) is 56.9 cm³/mol. The fraction of sp³-hybridized carbons (Fsp3) is 0.455. The lowest BCUT2D eigenvalue weighted by Crippen LogP contribution is -2.12. The van der Waals surface area contributed by atoms with Crippen molar-refractivity contribution in [2.24, 2.45) is 0 Å². The van der Waals surface area contributed by atoms with Gasteiger partial charge < -0.3 is 9.64 Å². The van der Waals surface area contributed by atoms with Gasteiger partial charge in [-0.25, -0.2) is 0 Å². The molecule has 0 aromatic carbocycles. The van der Waals surface area contributed by atoms with Crippen LogP contribution in [0.4, 0.5) is 5.69 Å². The average molecular weight is 203 g/mol. The van der Waals surface area contributed by atoms with Crippen molar-refractivity contribution in [1.29, 1.82) is 5.26 Å². The lowest BCUT2D eigenvalue weighted by atomic mass is 10.2. The number of anilines is 1. The summed E-state index contributed by atoms with van der Waals surface area (Å²) in [6, 6.07) is 2.11. The van der Waals surface area contributed by atoms with Crippen molar-refractivity contribution in [3.8, 4) is 11.8 Å². The van der Waals surface area contributed by atoms with Crippen LogP contribution in [0.15, 0.2) is 12.4 Å². The van der Waals surface area contributed by atoms with Gasteiger partial charge in [-0.15, -0.1) is 0 Å². The number of rotatable bonds is 3. The molecule has 1 saturated carbocycles. The molecule has 15 heavy (non-hydrogen) atoms. The van der Waals surface area contributed by atoms with Crippen molar-refractivity contribution in [3.05, 3.63) is 18.0 Å². The van der Waals surface area contributed by atoms with Crippen LogP contribution in [0, 0.1) is 11.3 Å². The first kappa shape index (κ1) is 9.78. The van der Waals surface area contributed by atoms with Gasteiger partial charge in [0.05, 0.1) is 18.0 Å². The smallest absolute Gasteiger partial charge is 0.163 e. The lowest BCUT2D eigenvalue weighted by Gasteiger charge is -2.17. The molecule has 0 unspecified atom stereocenters. The summed E-state index contributed by atoms with van der Waals surface area (Å²) in [6.07, 6.45) is 5.72. The SMILES string of the molecule is CN(C)c1cncc(C#N)c1OC1CC1. The number of nitriles is 1. The summed E-state index contributed by atoms with van der Waals surface area (Å²) in [6.45, 7) is 0. The van der Waals surface area contributed by atoms with Crippen molar-refractivity contribution in [2.45, 2.75) is 18.9 Å². The molecule has 0 saturated heterocycles. The van der Waals surface area contributed by atoms with Crippen LogP contribution in [0.3, 0.4) is 0 Å². The molecule has 0 spiro atoms. The molecule has 0 atom stereocenters. The number of nitrogens with zero attached hydrogens (tertiary/aromatic N) is 3. The molecular weight excluding hydrogens is 190 g/mol. The summed E-state index contributed by atoms with van der Waals surface area (Å²) >= 11 is 0. The lowest BCUT2D eigenvalue weighted by molar-refractivity contribution is 0.302. The van der Waals surface area contributed by atoms with Crippen LogP contribution in [-0.4, -0.2) is 25.2 Å². The van der Waals surface area contributed by atoms with Gasteiger partial charge in [-0.05, 0) is 12.8 Å². The summed E-state index contributed by atoms with van der Waals surface area (Å²) in [7, 11) is 3.83. The van der Waals surface area contributed by atoms with E-state index in [9.17, 15) is 0 Å². The van der Waals surface area contributed by atoms with Crippen LogP contribution < -0.4 is 9.64 Å². The minimum absolute atomic E-state index is 0.290. The van der Waals surface area contributed by atoms with Crippen LogP contribution in [0.25, 0.3) is 0 Å². The molecule has 0 radical (unpaired) electrons. The zero-order valence-corrected chi connectivity index (χ0v) is 8.90. The maximum atomic E-state index is 8.97. The van der Waals surface area contributed by atoms with E-state index >= 15 is 0 Å². The maximum Gasteiger partial charge on any atom is 0.163 e. The van der Waals surface area contributed by atoms with Crippen LogP contribution in [0.5, 0.6) is 5.75 Å². The fourth-order valence-corrected chi connectivity index (χ4v) is 1.31. The first-order valence-electron chi connectivity index (χ1n) is 4.94. The van der Waals surface area contributed by atoms with E-state index in [0.29, 0.717) is 11.3 Å². The van der Waals surface area contributed by atoms with Gasteiger partial charge in [0.25, 0.3) is 0 Å². The number of hydrogen-bond acceptors (Lipinski definition) is 4. The van der Waals surface area contributed by atoms with Gasteiger partial charge in [-0.3, -0.25) is 4.98 Å². The van der Waals surface area contributed by atoms with Crippen molar-refractivity contribution in [2.75, 3.05) is 19.0 Å². The van der Waals surface area contributed by atoms with Gasteiger partial charge in [0.15, 0.2) is 5.75 Å². The maximum absolute atomic E-state index is 8.97. The van der Waals surface area contributed by atoms with E-state index in [-0.39, 0.29) is 6.10 Å². The molecule has 0 amide bonds. The number of pyridine rings is 1. The molecule has 1 aliphatic rings. The Kier molecular flexibility index (Phi) is 2.46. The monoisotopic (exact) mass is 203 g/mol. The number of aromatic nitrogens is 1. The van der Waals surface area contributed by atoms with Crippen molar-refractivity contribution < 1.29 is 4.74 Å². The van der Waals surface area contributed by atoms with Crippen LogP contribution in [-0.2, 0) is 0 Å². The zero-order valence-electron chi connectivity index (χ0n) is 8.90.